The highest BCUT2D eigenvalue weighted by Crippen LogP contribution is 2.48. The van der Waals surface area contributed by atoms with E-state index in [4.69, 9.17) is 5.73 Å². The number of carbonyl (C=O) groups excluding carboxylic acids is 1. The molecule has 0 radical (unpaired) electrons. The maximum absolute atomic E-state index is 12.3. The Morgan fingerprint density at radius 1 is 1.53 bits per heavy atom. The van der Waals surface area contributed by atoms with Gasteiger partial charge in [0.2, 0.25) is 0 Å². The average molecular weight is 234 g/mol. The minimum Gasteiger partial charge on any atom is -0.327 e. The molecule has 0 spiro atoms. The van der Waals surface area contributed by atoms with Gasteiger partial charge >= 0.3 is 0 Å². The van der Waals surface area contributed by atoms with Crippen LogP contribution in [0, 0.1) is 17.8 Å². The van der Waals surface area contributed by atoms with Gasteiger partial charge in [-0.3, -0.25) is 9.48 Å². The molecule has 1 heterocycles. The van der Waals surface area contributed by atoms with Gasteiger partial charge in [0.1, 0.15) is 17.9 Å². The SMILES string of the molecule is Cn1ncnc1CC(=O)C1C2CCC(C2)C1N. The van der Waals surface area contributed by atoms with Crippen molar-refractivity contribution in [1.82, 2.24) is 14.8 Å². The molecule has 2 fully saturated rings. The molecule has 17 heavy (non-hydrogen) atoms. The first-order valence-corrected chi connectivity index (χ1v) is 6.28. The average Bonchev–Trinajstić information content (AvgIpc) is 2.95. The fourth-order valence-electron chi connectivity index (χ4n) is 3.57. The predicted octanol–water partition coefficient (Wildman–Crippen LogP) is 0.300. The number of aryl methyl sites for hydroxylation is 1. The van der Waals surface area contributed by atoms with Crippen LogP contribution in [0.15, 0.2) is 6.33 Å². The molecule has 0 amide bonds. The quantitative estimate of drug-likeness (QED) is 0.816. The monoisotopic (exact) mass is 234 g/mol. The number of nitrogens with zero attached hydrogens (tertiary/aromatic N) is 3. The summed E-state index contributed by atoms with van der Waals surface area (Å²) in [5.41, 5.74) is 6.17. The zero-order chi connectivity index (χ0) is 12.0. The molecule has 4 atom stereocenters. The fourth-order valence-corrected chi connectivity index (χ4v) is 3.57. The number of ketones is 1. The van der Waals surface area contributed by atoms with E-state index in [0.29, 0.717) is 18.3 Å². The van der Waals surface area contributed by atoms with Crippen molar-refractivity contribution in [3.63, 3.8) is 0 Å². The molecule has 4 unspecified atom stereocenters. The van der Waals surface area contributed by atoms with Crippen LogP contribution >= 0.6 is 0 Å². The highest BCUT2D eigenvalue weighted by molar-refractivity contribution is 5.84. The van der Waals surface area contributed by atoms with Crippen molar-refractivity contribution in [3.8, 4) is 0 Å². The number of nitrogens with two attached hydrogens (primary N) is 1. The molecule has 0 aliphatic heterocycles. The first-order valence-electron chi connectivity index (χ1n) is 6.28. The number of hydrogen-bond acceptors (Lipinski definition) is 4. The summed E-state index contributed by atoms with van der Waals surface area (Å²) in [6, 6.07) is 0.0782. The van der Waals surface area contributed by atoms with Crippen molar-refractivity contribution in [1.29, 1.82) is 0 Å². The van der Waals surface area contributed by atoms with Crippen molar-refractivity contribution < 1.29 is 4.79 Å². The maximum Gasteiger partial charge on any atom is 0.145 e. The largest absolute Gasteiger partial charge is 0.327 e. The Hall–Kier alpha value is -1.23. The van der Waals surface area contributed by atoms with Crippen LogP contribution in [0.4, 0.5) is 0 Å². The van der Waals surface area contributed by atoms with E-state index in [2.05, 4.69) is 10.1 Å². The van der Waals surface area contributed by atoms with Crippen LogP contribution in [-0.2, 0) is 18.3 Å². The van der Waals surface area contributed by atoms with Crippen LogP contribution in [0.25, 0.3) is 0 Å². The van der Waals surface area contributed by atoms with Crippen LogP contribution in [-0.4, -0.2) is 26.6 Å². The lowest BCUT2D eigenvalue weighted by molar-refractivity contribution is -0.124. The molecule has 1 aromatic rings. The van der Waals surface area contributed by atoms with E-state index in [-0.39, 0.29) is 17.7 Å². The number of aromatic nitrogens is 3. The molecule has 92 valence electrons. The van der Waals surface area contributed by atoms with Crippen LogP contribution in [0.1, 0.15) is 25.1 Å². The number of Topliss-reactive ketones (excluding diaryl/α,β-unsaturated/α-hetero) is 1. The minimum absolute atomic E-state index is 0.0606. The van der Waals surface area contributed by atoms with Gasteiger partial charge in [-0.2, -0.15) is 5.10 Å². The van der Waals surface area contributed by atoms with E-state index in [9.17, 15) is 4.79 Å². The van der Waals surface area contributed by atoms with E-state index in [1.807, 2.05) is 7.05 Å². The maximum atomic E-state index is 12.3. The van der Waals surface area contributed by atoms with Crippen molar-refractivity contribution in [2.75, 3.05) is 0 Å². The molecule has 2 aliphatic rings. The van der Waals surface area contributed by atoms with Gasteiger partial charge in [0, 0.05) is 19.0 Å². The zero-order valence-electron chi connectivity index (χ0n) is 10.0. The lowest BCUT2D eigenvalue weighted by Crippen LogP contribution is -2.41. The molecule has 1 aromatic heterocycles. The van der Waals surface area contributed by atoms with Crippen LogP contribution in [0.2, 0.25) is 0 Å². The number of hydrogen-bond donors (Lipinski definition) is 1. The number of fused-ring (bicyclic) bond motifs is 2. The summed E-state index contributed by atoms with van der Waals surface area (Å²) in [4.78, 5) is 16.4. The van der Waals surface area contributed by atoms with Gasteiger partial charge in [0.25, 0.3) is 0 Å². The molecule has 2 N–H and O–H groups in total. The lowest BCUT2D eigenvalue weighted by Gasteiger charge is -2.26. The summed E-state index contributed by atoms with van der Waals surface area (Å²) < 4.78 is 1.66. The number of rotatable bonds is 3. The minimum atomic E-state index is 0.0606. The van der Waals surface area contributed by atoms with E-state index in [1.54, 1.807) is 4.68 Å². The molecular formula is C12H18N4O. The Kier molecular flexibility index (Phi) is 2.50. The van der Waals surface area contributed by atoms with E-state index in [0.717, 1.165) is 12.2 Å². The second kappa shape index (κ2) is 3.91. The van der Waals surface area contributed by atoms with Gasteiger partial charge < -0.3 is 5.73 Å². The van der Waals surface area contributed by atoms with Crippen LogP contribution in [0.3, 0.4) is 0 Å². The highest BCUT2D eigenvalue weighted by Gasteiger charge is 2.48. The van der Waals surface area contributed by atoms with Gasteiger partial charge in [0.05, 0.1) is 6.42 Å². The molecular weight excluding hydrogens is 216 g/mol. The highest BCUT2D eigenvalue weighted by atomic mass is 16.1. The Bertz CT molecular complexity index is 439. The van der Waals surface area contributed by atoms with Gasteiger partial charge in [-0.05, 0) is 31.1 Å². The Morgan fingerprint density at radius 3 is 2.88 bits per heavy atom. The Balaban J connectivity index is 1.73. The molecule has 2 saturated carbocycles. The van der Waals surface area contributed by atoms with Gasteiger partial charge in [-0.1, -0.05) is 0 Å². The Morgan fingerprint density at radius 2 is 2.29 bits per heavy atom. The molecule has 0 saturated heterocycles. The fraction of sp³-hybridized carbons (Fsp3) is 0.750. The smallest absolute Gasteiger partial charge is 0.145 e. The first kappa shape index (κ1) is 10.9. The summed E-state index contributed by atoms with van der Waals surface area (Å²) in [5, 5.41) is 3.99. The molecule has 0 aromatic carbocycles. The molecule has 2 bridgehead atoms. The van der Waals surface area contributed by atoms with Gasteiger partial charge in [-0.25, -0.2) is 4.98 Å². The molecule has 3 rings (SSSR count). The van der Waals surface area contributed by atoms with Crippen molar-refractivity contribution in [2.24, 2.45) is 30.5 Å². The summed E-state index contributed by atoms with van der Waals surface area (Å²) in [5.74, 6) is 2.15. The molecule has 5 nitrogen and oxygen atoms in total. The second-order valence-corrected chi connectivity index (χ2v) is 5.38. The van der Waals surface area contributed by atoms with Crippen molar-refractivity contribution >= 4 is 5.78 Å². The van der Waals surface area contributed by atoms with Crippen LogP contribution < -0.4 is 5.73 Å². The van der Waals surface area contributed by atoms with Gasteiger partial charge in [-0.15, -0.1) is 0 Å². The first-order chi connectivity index (χ1) is 8.16. The van der Waals surface area contributed by atoms with Gasteiger partial charge in [0.15, 0.2) is 0 Å². The van der Waals surface area contributed by atoms with Crippen molar-refractivity contribution in [3.05, 3.63) is 12.2 Å². The summed E-state index contributed by atoms with van der Waals surface area (Å²) in [6.45, 7) is 0. The topological polar surface area (TPSA) is 73.8 Å². The van der Waals surface area contributed by atoms with Crippen molar-refractivity contribution in [2.45, 2.75) is 31.7 Å². The molecule has 5 heteroatoms. The lowest BCUT2D eigenvalue weighted by atomic mass is 9.81. The van der Waals surface area contributed by atoms with Crippen LogP contribution in [0.5, 0.6) is 0 Å². The van der Waals surface area contributed by atoms with E-state index in [1.165, 1.54) is 19.2 Å². The Labute approximate surface area is 100 Å². The third-order valence-corrected chi connectivity index (χ3v) is 4.49. The normalized spacial score (nSPS) is 35.4. The summed E-state index contributed by atoms with van der Waals surface area (Å²) >= 11 is 0. The van der Waals surface area contributed by atoms with E-state index >= 15 is 0 Å². The summed E-state index contributed by atoms with van der Waals surface area (Å²) in [6.07, 6.45) is 5.39. The summed E-state index contributed by atoms with van der Waals surface area (Å²) in [7, 11) is 1.82. The third-order valence-electron chi connectivity index (χ3n) is 4.49. The second-order valence-electron chi connectivity index (χ2n) is 5.38. The molecule has 2 aliphatic carbocycles. The standard InChI is InChI=1S/C12H18N4O/c1-16-10(14-6-15-16)5-9(17)11-7-2-3-8(4-7)12(11)13/h6-8,11-12H,2-5,13H2,1H3. The zero-order valence-corrected chi connectivity index (χ0v) is 10.0. The number of carbonyl (C=O) groups is 1. The third kappa shape index (κ3) is 1.69. The van der Waals surface area contributed by atoms with E-state index < -0.39 is 0 Å². The predicted molar refractivity (Wildman–Crippen MR) is 62.0 cm³/mol.